The summed E-state index contributed by atoms with van der Waals surface area (Å²) in [6.07, 6.45) is 0. The number of Topliss-reactive ketones (excluding diaryl/α,β-unsaturated/α-hetero) is 1. The van der Waals surface area contributed by atoms with Gasteiger partial charge in [0.1, 0.15) is 0 Å². The number of benzene rings is 3. The summed E-state index contributed by atoms with van der Waals surface area (Å²) >= 11 is 0. The fraction of sp³-hybridized carbons (Fsp3) is 0.0909. The first-order chi connectivity index (χ1) is 12.6. The standard InChI is InChI=1S/C22H19N3O/c1-24-19-9-5-6-10-20(19)25(22(24)23)15-21(26)18-13-11-17(12-14-18)16-7-3-2-4-8-16/h2-14,23H,15H2,1H3. The summed E-state index contributed by atoms with van der Waals surface area (Å²) in [5, 5.41) is 8.30. The molecule has 0 aliphatic carbocycles. The van der Waals surface area contributed by atoms with Gasteiger partial charge in [0, 0.05) is 12.6 Å². The molecule has 0 saturated carbocycles. The van der Waals surface area contributed by atoms with Crippen LogP contribution in [0.3, 0.4) is 0 Å². The van der Waals surface area contributed by atoms with Gasteiger partial charge in [0.15, 0.2) is 5.78 Å². The van der Waals surface area contributed by atoms with E-state index in [-0.39, 0.29) is 12.3 Å². The molecule has 0 unspecified atom stereocenters. The third-order valence-electron chi connectivity index (χ3n) is 4.72. The van der Waals surface area contributed by atoms with Crippen molar-refractivity contribution in [2.24, 2.45) is 7.05 Å². The molecule has 4 rings (SSSR count). The van der Waals surface area contributed by atoms with Gasteiger partial charge in [0.05, 0.1) is 17.6 Å². The summed E-state index contributed by atoms with van der Waals surface area (Å²) in [4.78, 5) is 12.8. The van der Waals surface area contributed by atoms with Crippen molar-refractivity contribution in [3.05, 3.63) is 90.0 Å². The van der Waals surface area contributed by atoms with Crippen molar-refractivity contribution in [2.45, 2.75) is 6.54 Å². The minimum absolute atomic E-state index is 0.000496. The topological polar surface area (TPSA) is 50.8 Å². The van der Waals surface area contributed by atoms with Crippen LogP contribution in [0.4, 0.5) is 0 Å². The van der Waals surface area contributed by atoms with Crippen LogP contribution in [0.15, 0.2) is 78.9 Å². The van der Waals surface area contributed by atoms with Crippen LogP contribution in [-0.2, 0) is 13.6 Å². The minimum Gasteiger partial charge on any atom is -0.313 e. The van der Waals surface area contributed by atoms with Crippen LogP contribution in [0.1, 0.15) is 10.4 Å². The van der Waals surface area contributed by atoms with Gasteiger partial charge in [-0.15, -0.1) is 0 Å². The van der Waals surface area contributed by atoms with Crippen LogP contribution < -0.4 is 5.62 Å². The highest BCUT2D eigenvalue weighted by atomic mass is 16.1. The third kappa shape index (κ3) is 2.75. The molecule has 0 amide bonds. The van der Waals surface area contributed by atoms with E-state index in [2.05, 4.69) is 12.1 Å². The molecule has 3 aromatic carbocycles. The molecule has 1 aromatic heterocycles. The fourth-order valence-corrected chi connectivity index (χ4v) is 3.26. The molecule has 128 valence electrons. The van der Waals surface area contributed by atoms with Crippen molar-refractivity contribution in [3.63, 3.8) is 0 Å². The van der Waals surface area contributed by atoms with E-state index in [1.165, 1.54) is 0 Å². The van der Waals surface area contributed by atoms with Crippen molar-refractivity contribution >= 4 is 16.8 Å². The molecule has 4 aromatic rings. The molecule has 4 nitrogen and oxygen atoms in total. The molecule has 0 aliphatic heterocycles. The number of aryl methyl sites for hydroxylation is 1. The lowest BCUT2D eigenvalue weighted by atomic mass is 10.0. The number of aromatic nitrogens is 2. The van der Waals surface area contributed by atoms with Crippen LogP contribution in [0.5, 0.6) is 0 Å². The molecule has 0 spiro atoms. The Hall–Kier alpha value is -3.40. The highest BCUT2D eigenvalue weighted by Gasteiger charge is 2.13. The van der Waals surface area contributed by atoms with Crippen LogP contribution in [-0.4, -0.2) is 14.9 Å². The van der Waals surface area contributed by atoms with E-state index in [9.17, 15) is 4.79 Å². The molecule has 1 heterocycles. The van der Waals surface area contributed by atoms with Crippen molar-refractivity contribution in [3.8, 4) is 11.1 Å². The number of imidazole rings is 1. The van der Waals surface area contributed by atoms with E-state index in [1.807, 2.05) is 73.8 Å². The smallest absolute Gasteiger partial charge is 0.203 e. The maximum atomic E-state index is 12.8. The molecular weight excluding hydrogens is 322 g/mol. The first-order valence-corrected chi connectivity index (χ1v) is 8.52. The summed E-state index contributed by atoms with van der Waals surface area (Å²) in [7, 11) is 1.85. The van der Waals surface area contributed by atoms with Crippen molar-refractivity contribution in [1.82, 2.24) is 9.13 Å². The predicted octanol–water partition coefficient (Wildman–Crippen LogP) is 4.01. The maximum absolute atomic E-state index is 12.8. The number of nitrogens with one attached hydrogen (secondary N) is 1. The Bertz CT molecular complexity index is 1140. The Morgan fingerprint density at radius 3 is 2.08 bits per heavy atom. The second kappa shape index (κ2) is 6.48. The highest BCUT2D eigenvalue weighted by Crippen LogP contribution is 2.20. The van der Waals surface area contributed by atoms with E-state index >= 15 is 0 Å². The molecule has 1 N–H and O–H groups in total. The number of carbonyl (C=O) groups excluding carboxylic acids is 1. The first kappa shape index (κ1) is 16.1. The maximum Gasteiger partial charge on any atom is 0.203 e. The Labute approximate surface area is 151 Å². The van der Waals surface area contributed by atoms with E-state index < -0.39 is 0 Å². The van der Waals surface area contributed by atoms with Crippen LogP contribution in [0.25, 0.3) is 22.2 Å². The van der Waals surface area contributed by atoms with Crippen LogP contribution in [0.2, 0.25) is 0 Å². The zero-order chi connectivity index (χ0) is 18.1. The molecule has 0 saturated heterocycles. The van der Waals surface area contributed by atoms with E-state index in [1.54, 1.807) is 9.13 Å². The number of ketones is 1. The Kier molecular flexibility index (Phi) is 4.01. The van der Waals surface area contributed by atoms with E-state index in [0.717, 1.165) is 22.2 Å². The summed E-state index contributed by atoms with van der Waals surface area (Å²) < 4.78 is 3.55. The van der Waals surface area contributed by atoms with Crippen LogP contribution >= 0.6 is 0 Å². The summed E-state index contributed by atoms with van der Waals surface area (Å²) in [5.41, 5.74) is 5.04. The number of rotatable bonds is 4. The molecule has 0 radical (unpaired) electrons. The zero-order valence-corrected chi connectivity index (χ0v) is 14.5. The largest absolute Gasteiger partial charge is 0.313 e. The molecule has 0 atom stereocenters. The van der Waals surface area contributed by atoms with Gasteiger partial charge in [-0.25, -0.2) is 0 Å². The molecular formula is C22H19N3O. The SMILES string of the molecule is Cn1c(=N)n(CC(=O)c2ccc(-c3ccccc3)cc2)c2ccccc21. The van der Waals surface area contributed by atoms with Gasteiger partial charge >= 0.3 is 0 Å². The summed E-state index contributed by atoms with van der Waals surface area (Å²) in [6, 6.07) is 25.5. The second-order valence-corrected chi connectivity index (χ2v) is 6.32. The number of hydrogen-bond acceptors (Lipinski definition) is 2. The summed E-state index contributed by atoms with van der Waals surface area (Å²) in [5.74, 6) is -0.000496. The van der Waals surface area contributed by atoms with Gasteiger partial charge in [-0.1, -0.05) is 66.7 Å². The lowest BCUT2D eigenvalue weighted by molar-refractivity contribution is 0.0971. The molecule has 0 bridgehead atoms. The Morgan fingerprint density at radius 1 is 0.808 bits per heavy atom. The van der Waals surface area contributed by atoms with Gasteiger partial charge in [-0.3, -0.25) is 10.2 Å². The number of fused-ring (bicyclic) bond motifs is 1. The lowest BCUT2D eigenvalue weighted by Gasteiger charge is -2.06. The second-order valence-electron chi connectivity index (χ2n) is 6.32. The number of hydrogen-bond donors (Lipinski definition) is 1. The molecule has 26 heavy (non-hydrogen) atoms. The van der Waals surface area contributed by atoms with Gasteiger partial charge in [0.25, 0.3) is 0 Å². The lowest BCUT2D eigenvalue weighted by Crippen LogP contribution is -2.25. The quantitative estimate of drug-likeness (QED) is 0.560. The normalized spacial score (nSPS) is 11.0. The zero-order valence-electron chi connectivity index (χ0n) is 14.5. The highest BCUT2D eigenvalue weighted by molar-refractivity contribution is 5.97. The van der Waals surface area contributed by atoms with Crippen LogP contribution in [0, 0.1) is 5.41 Å². The number of para-hydroxylation sites is 2. The van der Waals surface area contributed by atoms with Crippen molar-refractivity contribution in [1.29, 1.82) is 5.41 Å². The van der Waals surface area contributed by atoms with Crippen molar-refractivity contribution < 1.29 is 4.79 Å². The fourth-order valence-electron chi connectivity index (χ4n) is 3.26. The Balaban J connectivity index is 1.63. The first-order valence-electron chi connectivity index (χ1n) is 8.52. The third-order valence-corrected chi connectivity index (χ3v) is 4.72. The average Bonchev–Trinajstić information content (AvgIpc) is 2.94. The van der Waals surface area contributed by atoms with E-state index in [4.69, 9.17) is 5.41 Å². The minimum atomic E-state index is -0.000496. The predicted molar refractivity (Wildman–Crippen MR) is 103 cm³/mol. The average molecular weight is 341 g/mol. The molecule has 0 aliphatic rings. The van der Waals surface area contributed by atoms with Gasteiger partial charge < -0.3 is 9.13 Å². The van der Waals surface area contributed by atoms with Gasteiger partial charge in [0.2, 0.25) is 5.62 Å². The molecule has 0 fully saturated rings. The Morgan fingerprint density at radius 2 is 1.38 bits per heavy atom. The monoisotopic (exact) mass is 341 g/mol. The summed E-state index contributed by atoms with van der Waals surface area (Å²) in [6.45, 7) is 0.158. The number of nitrogens with zero attached hydrogens (tertiary/aromatic N) is 2. The van der Waals surface area contributed by atoms with Gasteiger partial charge in [-0.05, 0) is 23.3 Å². The van der Waals surface area contributed by atoms with E-state index in [0.29, 0.717) is 11.2 Å². The van der Waals surface area contributed by atoms with Crippen molar-refractivity contribution in [2.75, 3.05) is 0 Å². The van der Waals surface area contributed by atoms with Gasteiger partial charge in [-0.2, -0.15) is 0 Å². The number of carbonyl (C=O) groups is 1. The molecule has 4 heteroatoms.